The van der Waals surface area contributed by atoms with Gasteiger partial charge in [-0.15, -0.1) is 33.2 Å². The van der Waals surface area contributed by atoms with Crippen LogP contribution in [0.4, 0.5) is 0 Å². The second-order valence-electron chi connectivity index (χ2n) is 9.22. The van der Waals surface area contributed by atoms with Crippen LogP contribution in [0.3, 0.4) is 0 Å². The van der Waals surface area contributed by atoms with Crippen molar-refractivity contribution in [1.29, 1.82) is 0 Å². The van der Waals surface area contributed by atoms with Crippen molar-refractivity contribution in [3.63, 3.8) is 0 Å². The third kappa shape index (κ3) is 3.23. The molecule has 0 heterocycles. The molecule has 0 fully saturated rings. The maximum absolute atomic E-state index is 6.91. The van der Waals surface area contributed by atoms with Crippen LogP contribution in [0.25, 0.3) is 86.3 Å². The minimum absolute atomic E-state index is 0.694. The van der Waals surface area contributed by atoms with Crippen LogP contribution in [0.2, 0.25) is 0 Å². The topological polar surface area (TPSA) is 0 Å². The lowest BCUT2D eigenvalue weighted by Gasteiger charge is -2.26. The first-order valence-corrected chi connectivity index (χ1v) is 20.0. The fourth-order valence-electron chi connectivity index (χ4n) is 6.38. The highest BCUT2D eigenvalue weighted by Gasteiger charge is 2.36. The van der Waals surface area contributed by atoms with E-state index in [0.717, 1.165) is 83.7 Å². The van der Waals surface area contributed by atoms with E-state index in [2.05, 4.69) is 100 Å². The predicted octanol–water partition coefficient (Wildman–Crippen LogP) is 7.98. The van der Waals surface area contributed by atoms with Gasteiger partial charge in [0.2, 0.25) is 0 Å². The zero-order valence-corrected chi connectivity index (χ0v) is 28.9. The summed E-state index contributed by atoms with van der Waals surface area (Å²) in [6, 6.07) is 7.41. The molecule has 0 aliphatic heterocycles. The van der Waals surface area contributed by atoms with Gasteiger partial charge in [-0.1, -0.05) is 24.3 Å². The summed E-state index contributed by atoms with van der Waals surface area (Å²) in [6.45, 7) is 0. The van der Waals surface area contributed by atoms with E-state index in [4.69, 9.17) is 45.9 Å². The number of benzene rings is 7. The van der Waals surface area contributed by atoms with Crippen LogP contribution in [0.5, 0.6) is 0 Å². The number of hydrogen-bond donors (Lipinski definition) is 4. The highest BCUT2D eigenvalue weighted by atomic mass is 79.9. The van der Waals surface area contributed by atoms with Gasteiger partial charge in [0.25, 0.3) is 0 Å². The molecule has 10 heteroatoms. The normalized spacial score (nSPS) is 15.6. The average Bonchev–Trinajstić information content (AvgIpc) is 2.91. The fraction of sp³-hybridized carbons (Fsp3) is 0. The summed E-state index contributed by atoms with van der Waals surface area (Å²) in [5.41, 5.74) is 0. The Morgan fingerprint density at radius 1 is 0.553 bits per heavy atom. The molecule has 0 radical (unpaired) electrons. The third-order valence-electron chi connectivity index (χ3n) is 7.64. The van der Waals surface area contributed by atoms with Crippen molar-refractivity contribution in [3.8, 4) is 0 Å². The maximum atomic E-state index is 6.91. The Kier molecular flexibility index (Phi) is 6.43. The summed E-state index contributed by atoms with van der Waals surface area (Å²) >= 11 is 47.2. The van der Waals surface area contributed by atoms with E-state index >= 15 is 0 Å². The van der Waals surface area contributed by atoms with Crippen LogP contribution in [-0.4, -0.2) is 6.00 Å². The van der Waals surface area contributed by atoms with Gasteiger partial charge in [-0.05, 0) is 140 Å². The van der Waals surface area contributed by atoms with Gasteiger partial charge in [0.1, 0.15) is 0 Å². The van der Waals surface area contributed by atoms with Crippen molar-refractivity contribution >= 4 is 213 Å². The molecule has 0 spiro atoms. The van der Waals surface area contributed by atoms with E-state index in [9.17, 15) is 0 Å². The summed E-state index contributed by atoms with van der Waals surface area (Å²) in [7, 11) is 0. The average molecular weight is 772 g/mol. The lowest BCUT2D eigenvalue weighted by molar-refractivity contribution is 1.63. The molecule has 0 N–H and O–H groups in total. The molecule has 7 aromatic carbocycles. The number of hydrogen-bond acceptors (Lipinski definition) is 4. The highest BCUT2D eigenvalue weighted by Crippen LogP contribution is 2.50. The molecule has 0 unspecified atom stereocenters. The van der Waals surface area contributed by atoms with Crippen LogP contribution >= 0.6 is 116 Å². The first-order chi connectivity index (χ1) is 18.2. The van der Waals surface area contributed by atoms with Crippen LogP contribution in [0, 0.1) is 0 Å². The van der Waals surface area contributed by atoms with Crippen molar-refractivity contribution in [1.82, 2.24) is 0 Å². The zero-order valence-electron chi connectivity index (χ0n) is 18.9. The van der Waals surface area contributed by atoms with Crippen molar-refractivity contribution in [2.75, 3.05) is 0 Å². The standard InChI is InChI=1S/C28H13Br2Cl3S4Si/c29-26-13-4-3-10-1-2-11-5-12(6-34)17-14(7-35)15(8-36)20-16(9-37)28(38(31,32)33)25(27(26)30)24-21(13)18(10)19(11)22(17)23(20)24/h1-9,34-37H. The molecule has 0 atom stereocenters. The predicted molar refractivity (Wildman–Crippen MR) is 196 cm³/mol. The summed E-state index contributed by atoms with van der Waals surface area (Å²) in [5, 5.41) is 24.7. The number of rotatable bonds is 1. The molecule has 0 saturated heterocycles. The Balaban J connectivity index is 2.15. The van der Waals surface area contributed by atoms with Gasteiger partial charge in [0.15, 0.2) is 0 Å². The molecule has 38 heavy (non-hydrogen) atoms. The largest absolute Gasteiger partial charge is 0.374 e. The van der Waals surface area contributed by atoms with Crippen molar-refractivity contribution in [2.24, 2.45) is 0 Å². The lowest BCUT2D eigenvalue weighted by atomic mass is 9.81. The molecular weight excluding hydrogens is 759 g/mol. The molecule has 0 aromatic heterocycles. The van der Waals surface area contributed by atoms with Gasteiger partial charge in [-0.25, -0.2) is 0 Å². The molecule has 0 amide bonds. The van der Waals surface area contributed by atoms with Gasteiger partial charge < -0.3 is 0 Å². The van der Waals surface area contributed by atoms with E-state index in [-0.39, 0.29) is 0 Å². The van der Waals surface area contributed by atoms with E-state index in [1.54, 1.807) is 5.41 Å². The van der Waals surface area contributed by atoms with E-state index < -0.39 is 6.00 Å². The smallest absolute Gasteiger partial charge is 0.151 e. The summed E-state index contributed by atoms with van der Waals surface area (Å²) in [6.07, 6.45) is 0. The van der Waals surface area contributed by atoms with Crippen molar-refractivity contribution in [3.05, 3.63) is 60.2 Å². The van der Waals surface area contributed by atoms with Crippen LogP contribution in [0.15, 0.2) is 39.3 Å². The Labute approximate surface area is 270 Å². The van der Waals surface area contributed by atoms with Crippen molar-refractivity contribution in [2.45, 2.75) is 0 Å². The Morgan fingerprint density at radius 2 is 1.11 bits per heavy atom. The minimum Gasteiger partial charge on any atom is -0.151 e. The van der Waals surface area contributed by atoms with Gasteiger partial charge in [0, 0.05) is 19.5 Å². The number of halogens is 5. The molecule has 0 aliphatic carbocycles. The van der Waals surface area contributed by atoms with E-state index in [1.165, 1.54) is 10.8 Å². The Bertz CT molecular complexity index is 2400. The molecule has 7 aromatic rings. The molecule has 188 valence electrons. The zero-order chi connectivity index (χ0) is 26.8. The Morgan fingerprint density at radius 3 is 1.74 bits per heavy atom. The molecule has 0 aliphatic rings. The monoisotopic (exact) mass is 768 g/mol. The first-order valence-electron chi connectivity index (χ1n) is 11.3. The van der Waals surface area contributed by atoms with Crippen molar-refractivity contribution < 1.29 is 0 Å². The second-order valence-corrected chi connectivity index (χ2v) is 20.2. The summed E-state index contributed by atoms with van der Waals surface area (Å²) < 4.78 is 1.78. The molecular formula is C28H13Br2Cl3S4Si. The second kappa shape index (κ2) is 9.15. The first kappa shape index (κ1) is 26.7. The van der Waals surface area contributed by atoms with Gasteiger partial charge in [-0.3, -0.25) is 0 Å². The molecule has 0 nitrogen and oxygen atoms in total. The molecule has 0 saturated carbocycles. The maximum Gasteiger partial charge on any atom is 0.374 e. The summed E-state index contributed by atoms with van der Waals surface area (Å²) in [4.78, 5) is 0. The highest BCUT2D eigenvalue weighted by molar-refractivity contribution is 9.13. The van der Waals surface area contributed by atoms with Gasteiger partial charge >= 0.3 is 6.00 Å². The van der Waals surface area contributed by atoms with Gasteiger partial charge in [0.05, 0.1) is 0 Å². The van der Waals surface area contributed by atoms with E-state index in [1.807, 2.05) is 16.2 Å². The van der Waals surface area contributed by atoms with Crippen LogP contribution < -0.4 is 26.1 Å². The summed E-state index contributed by atoms with van der Waals surface area (Å²) in [5.74, 6) is 0. The molecule has 0 bridgehead atoms. The number of thiol groups is 4. The lowest BCUT2D eigenvalue weighted by Crippen LogP contribution is -2.46. The molecule has 7 rings (SSSR count). The quantitative estimate of drug-likeness (QED) is 0.0421. The SMILES string of the molecule is SC=c1cc2ccc3ccc4c(Br)c(Br)c5c([Si](Cl)(Cl)Cl)c(=CS)c6c(=CS)c(=CS)c1c1c2c3c4c5c61. The Hall–Kier alpha value is -0.193. The minimum atomic E-state index is -3.48. The fourth-order valence-corrected chi connectivity index (χ4v) is 11.6. The van der Waals surface area contributed by atoms with Crippen LogP contribution in [0.1, 0.15) is 0 Å². The van der Waals surface area contributed by atoms with E-state index in [0.29, 0.717) is 5.19 Å². The van der Waals surface area contributed by atoms with Crippen LogP contribution in [-0.2, 0) is 0 Å². The van der Waals surface area contributed by atoms with Gasteiger partial charge in [-0.2, -0.15) is 50.5 Å². The third-order valence-corrected chi connectivity index (χ3v) is 13.6.